The van der Waals surface area contributed by atoms with E-state index in [0.717, 1.165) is 17.7 Å². The molecule has 1 aromatic rings. The Labute approximate surface area is 125 Å². The summed E-state index contributed by atoms with van der Waals surface area (Å²) in [5.74, 6) is 1.09. The van der Waals surface area contributed by atoms with Crippen molar-refractivity contribution in [2.24, 2.45) is 5.73 Å². The van der Waals surface area contributed by atoms with Crippen LogP contribution in [-0.2, 0) is 11.2 Å². The Morgan fingerprint density at radius 1 is 1.40 bits per heavy atom. The summed E-state index contributed by atoms with van der Waals surface area (Å²) in [6.07, 6.45) is 4.10. The first-order valence-corrected chi connectivity index (χ1v) is 8.47. The summed E-state index contributed by atoms with van der Waals surface area (Å²) in [6, 6.07) is 9.80. The molecule has 1 fully saturated rings. The number of thioether (sulfide) groups is 1. The third-order valence-corrected chi connectivity index (χ3v) is 5.12. The summed E-state index contributed by atoms with van der Waals surface area (Å²) in [6.45, 7) is 2.17. The number of carbonyl (C=O) groups is 1. The van der Waals surface area contributed by atoms with Crippen LogP contribution in [0.1, 0.15) is 31.7 Å². The van der Waals surface area contributed by atoms with E-state index in [9.17, 15) is 4.79 Å². The standard InChI is InChI=1S/C16H24N2OS/c1-2-20-15-10-6-9-14(15)18-16(19)13(17)11-12-7-4-3-5-8-12/h3-5,7-8,13-15H,2,6,9-11,17H2,1H3,(H,18,19)/t13-,14?,15?/m1/s1. The Hall–Kier alpha value is -1.00. The molecule has 1 aromatic carbocycles. The SMILES string of the molecule is CCSC1CCCC1NC(=O)[C@H](N)Cc1ccccc1. The Morgan fingerprint density at radius 2 is 2.15 bits per heavy atom. The summed E-state index contributed by atoms with van der Waals surface area (Å²) in [7, 11) is 0. The normalized spacial score (nSPS) is 23.5. The molecule has 2 unspecified atom stereocenters. The zero-order chi connectivity index (χ0) is 14.4. The van der Waals surface area contributed by atoms with E-state index in [1.165, 1.54) is 12.8 Å². The number of hydrogen-bond acceptors (Lipinski definition) is 3. The molecule has 1 saturated carbocycles. The summed E-state index contributed by atoms with van der Waals surface area (Å²) < 4.78 is 0. The number of rotatable bonds is 6. The van der Waals surface area contributed by atoms with Crippen molar-refractivity contribution < 1.29 is 4.79 Å². The lowest BCUT2D eigenvalue weighted by atomic mass is 10.1. The number of nitrogens with one attached hydrogen (secondary N) is 1. The molecule has 3 atom stereocenters. The van der Waals surface area contributed by atoms with Gasteiger partial charge in [0.05, 0.1) is 6.04 Å². The van der Waals surface area contributed by atoms with E-state index < -0.39 is 6.04 Å². The molecular weight excluding hydrogens is 268 g/mol. The predicted octanol–water partition coefficient (Wildman–Crippen LogP) is 2.35. The minimum absolute atomic E-state index is 0.0116. The molecule has 3 N–H and O–H groups in total. The van der Waals surface area contributed by atoms with Crippen LogP contribution in [0.25, 0.3) is 0 Å². The molecule has 0 saturated heterocycles. The molecule has 0 spiro atoms. The van der Waals surface area contributed by atoms with Gasteiger partial charge < -0.3 is 11.1 Å². The highest BCUT2D eigenvalue weighted by Gasteiger charge is 2.29. The molecule has 20 heavy (non-hydrogen) atoms. The van der Waals surface area contributed by atoms with E-state index in [1.807, 2.05) is 42.1 Å². The summed E-state index contributed by atoms with van der Waals surface area (Å²) in [5, 5.41) is 3.71. The van der Waals surface area contributed by atoms with Gasteiger partial charge in [0.1, 0.15) is 0 Å². The predicted molar refractivity (Wildman–Crippen MR) is 85.8 cm³/mol. The maximum Gasteiger partial charge on any atom is 0.237 e. The van der Waals surface area contributed by atoms with Gasteiger partial charge in [0.25, 0.3) is 0 Å². The average molecular weight is 292 g/mol. The van der Waals surface area contributed by atoms with Crippen molar-refractivity contribution in [3.05, 3.63) is 35.9 Å². The van der Waals surface area contributed by atoms with Gasteiger partial charge in [-0.3, -0.25) is 4.79 Å². The number of benzene rings is 1. The van der Waals surface area contributed by atoms with Crippen LogP contribution in [0.5, 0.6) is 0 Å². The van der Waals surface area contributed by atoms with E-state index in [1.54, 1.807) is 0 Å². The van der Waals surface area contributed by atoms with Crippen molar-refractivity contribution in [3.63, 3.8) is 0 Å². The van der Waals surface area contributed by atoms with Gasteiger partial charge in [-0.25, -0.2) is 0 Å². The van der Waals surface area contributed by atoms with Gasteiger partial charge in [-0.15, -0.1) is 0 Å². The lowest BCUT2D eigenvalue weighted by Crippen LogP contribution is -2.48. The quantitative estimate of drug-likeness (QED) is 0.846. The lowest BCUT2D eigenvalue weighted by molar-refractivity contribution is -0.123. The third-order valence-electron chi connectivity index (χ3n) is 3.80. The van der Waals surface area contributed by atoms with Crippen LogP contribution in [0.15, 0.2) is 30.3 Å². The van der Waals surface area contributed by atoms with Gasteiger partial charge in [-0.2, -0.15) is 11.8 Å². The monoisotopic (exact) mass is 292 g/mol. The first-order valence-electron chi connectivity index (χ1n) is 7.42. The summed E-state index contributed by atoms with van der Waals surface area (Å²) in [4.78, 5) is 12.2. The zero-order valence-corrected chi connectivity index (χ0v) is 12.9. The van der Waals surface area contributed by atoms with Gasteiger partial charge in [-0.1, -0.05) is 43.7 Å². The molecule has 0 heterocycles. The topological polar surface area (TPSA) is 55.1 Å². The van der Waals surface area contributed by atoms with E-state index in [2.05, 4.69) is 12.2 Å². The van der Waals surface area contributed by atoms with Crippen molar-refractivity contribution in [2.75, 3.05) is 5.75 Å². The van der Waals surface area contributed by atoms with Crippen LogP contribution in [0, 0.1) is 0 Å². The molecule has 1 aliphatic rings. The molecule has 1 amide bonds. The molecule has 4 heteroatoms. The average Bonchev–Trinajstić information content (AvgIpc) is 2.87. The molecule has 1 aliphatic carbocycles. The van der Waals surface area contributed by atoms with Crippen molar-refractivity contribution in [2.45, 2.75) is 49.9 Å². The Kier molecular flexibility index (Phi) is 5.92. The number of hydrogen-bond donors (Lipinski definition) is 2. The Morgan fingerprint density at radius 3 is 2.85 bits per heavy atom. The molecular formula is C16H24N2OS. The minimum Gasteiger partial charge on any atom is -0.351 e. The van der Waals surface area contributed by atoms with Crippen LogP contribution in [0.3, 0.4) is 0 Å². The van der Waals surface area contributed by atoms with Gasteiger partial charge in [-0.05, 0) is 30.6 Å². The van der Waals surface area contributed by atoms with E-state index >= 15 is 0 Å². The van der Waals surface area contributed by atoms with Gasteiger partial charge in [0.2, 0.25) is 5.91 Å². The highest BCUT2D eigenvalue weighted by Crippen LogP contribution is 2.29. The second-order valence-electron chi connectivity index (χ2n) is 5.34. The van der Waals surface area contributed by atoms with Gasteiger partial charge in [0, 0.05) is 11.3 Å². The molecule has 110 valence electrons. The van der Waals surface area contributed by atoms with Gasteiger partial charge in [0.15, 0.2) is 0 Å². The first kappa shape index (κ1) is 15.4. The Balaban J connectivity index is 1.84. The van der Waals surface area contributed by atoms with E-state index in [0.29, 0.717) is 17.7 Å². The smallest absolute Gasteiger partial charge is 0.237 e. The van der Waals surface area contributed by atoms with Crippen molar-refractivity contribution in [1.82, 2.24) is 5.32 Å². The van der Waals surface area contributed by atoms with Crippen LogP contribution in [0.4, 0.5) is 0 Å². The summed E-state index contributed by atoms with van der Waals surface area (Å²) in [5.41, 5.74) is 7.14. The van der Waals surface area contributed by atoms with E-state index in [-0.39, 0.29) is 5.91 Å². The molecule has 2 rings (SSSR count). The fraction of sp³-hybridized carbons (Fsp3) is 0.562. The zero-order valence-electron chi connectivity index (χ0n) is 12.0. The van der Waals surface area contributed by atoms with Crippen molar-refractivity contribution in [1.29, 1.82) is 0 Å². The van der Waals surface area contributed by atoms with Gasteiger partial charge >= 0.3 is 0 Å². The maximum atomic E-state index is 12.2. The van der Waals surface area contributed by atoms with Crippen LogP contribution in [-0.4, -0.2) is 29.0 Å². The molecule has 0 bridgehead atoms. The lowest BCUT2D eigenvalue weighted by Gasteiger charge is -2.22. The highest BCUT2D eigenvalue weighted by atomic mass is 32.2. The fourth-order valence-corrected chi connectivity index (χ4v) is 3.95. The maximum absolute atomic E-state index is 12.2. The second-order valence-corrected chi connectivity index (χ2v) is 6.85. The minimum atomic E-state index is -0.453. The molecule has 3 nitrogen and oxygen atoms in total. The fourth-order valence-electron chi connectivity index (χ4n) is 2.76. The van der Waals surface area contributed by atoms with Crippen molar-refractivity contribution >= 4 is 17.7 Å². The van der Waals surface area contributed by atoms with E-state index in [4.69, 9.17) is 5.73 Å². The second kappa shape index (κ2) is 7.70. The molecule has 0 aliphatic heterocycles. The number of carbonyl (C=O) groups excluding carboxylic acids is 1. The van der Waals surface area contributed by atoms with Crippen LogP contribution < -0.4 is 11.1 Å². The summed E-state index contributed by atoms with van der Waals surface area (Å²) >= 11 is 1.95. The third kappa shape index (κ3) is 4.25. The van der Waals surface area contributed by atoms with Crippen LogP contribution in [0.2, 0.25) is 0 Å². The molecule has 0 aromatic heterocycles. The first-order chi connectivity index (χ1) is 9.70. The highest BCUT2D eigenvalue weighted by molar-refractivity contribution is 7.99. The number of nitrogens with two attached hydrogens (primary N) is 1. The van der Waals surface area contributed by atoms with Crippen molar-refractivity contribution in [3.8, 4) is 0 Å². The number of amides is 1. The largest absolute Gasteiger partial charge is 0.351 e. The molecule has 0 radical (unpaired) electrons. The van der Waals surface area contributed by atoms with Crippen LogP contribution >= 0.6 is 11.8 Å². The Bertz CT molecular complexity index is 424.